The highest BCUT2D eigenvalue weighted by Crippen LogP contribution is 2.27. The zero-order valence-electron chi connectivity index (χ0n) is 9.29. The van der Waals surface area contributed by atoms with Gasteiger partial charge in [0.25, 0.3) is 5.91 Å². The van der Waals surface area contributed by atoms with E-state index in [1.807, 2.05) is 12.2 Å². The van der Waals surface area contributed by atoms with Crippen LogP contribution in [0.4, 0.5) is 0 Å². The fourth-order valence-corrected chi connectivity index (χ4v) is 3.15. The maximum absolute atomic E-state index is 12.1. The first-order valence-electron chi connectivity index (χ1n) is 5.35. The monoisotopic (exact) mass is 389 g/mol. The van der Waals surface area contributed by atoms with Crippen LogP contribution in [0.5, 0.6) is 0 Å². The smallest absolute Gasteiger partial charge is 0.255 e. The Morgan fingerprint density at radius 1 is 1.33 bits per heavy atom. The molecule has 94 valence electrons. The minimum absolute atomic E-state index is 0.119. The van der Waals surface area contributed by atoms with Crippen LogP contribution in [-0.4, -0.2) is 10.7 Å². The molecule has 1 N–H and O–H groups in total. The third kappa shape index (κ3) is 3.25. The van der Waals surface area contributed by atoms with E-state index in [1.165, 1.54) is 0 Å². The molecular formula is C13H10Br2ClNO. The van der Waals surface area contributed by atoms with Crippen molar-refractivity contribution in [2.75, 3.05) is 0 Å². The van der Waals surface area contributed by atoms with E-state index >= 15 is 0 Å². The molecule has 0 spiro atoms. The molecule has 2 nitrogen and oxygen atoms in total. The molecule has 0 radical (unpaired) electrons. The Bertz CT molecular complexity index is 522. The molecule has 1 aliphatic rings. The first-order chi connectivity index (χ1) is 8.58. The Morgan fingerprint density at radius 2 is 2.00 bits per heavy atom. The predicted octanol–water partition coefficient (Wildman–Crippen LogP) is 4.40. The van der Waals surface area contributed by atoms with Gasteiger partial charge in [0.15, 0.2) is 0 Å². The zero-order valence-corrected chi connectivity index (χ0v) is 13.2. The number of carbonyl (C=O) groups is 1. The normalized spacial score (nSPS) is 18.9. The van der Waals surface area contributed by atoms with Gasteiger partial charge < -0.3 is 5.32 Å². The Morgan fingerprint density at radius 3 is 2.61 bits per heavy atom. The number of hydrogen-bond donors (Lipinski definition) is 1. The van der Waals surface area contributed by atoms with Crippen LogP contribution in [0.2, 0.25) is 5.02 Å². The molecule has 1 atom stereocenters. The van der Waals surface area contributed by atoms with Crippen LogP contribution in [0.3, 0.4) is 0 Å². The molecule has 0 aliphatic heterocycles. The van der Waals surface area contributed by atoms with Gasteiger partial charge in [-0.15, -0.1) is 0 Å². The molecule has 0 heterocycles. The van der Waals surface area contributed by atoms with Crippen LogP contribution in [0.1, 0.15) is 16.8 Å². The van der Waals surface area contributed by atoms with E-state index in [0.717, 1.165) is 16.6 Å². The van der Waals surface area contributed by atoms with Crippen molar-refractivity contribution in [2.45, 2.75) is 11.2 Å². The molecule has 0 bridgehead atoms. The summed E-state index contributed by atoms with van der Waals surface area (Å²) in [6.07, 6.45) is 4.84. The van der Waals surface area contributed by atoms with Crippen molar-refractivity contribution in [3.8, 4) is 0 Å². The van der Waals surface area contributed by atoms with E-state index in [9.17, 15) is 4.79 Å². The maximum Gasteiger partial charge on any atom is 0.255 e. The van der Waals surface area contributed by atoms with Crippen LogP contribution in [0.15, 0.2) is 46.6 Å². The summed E-state index contributed by atoms with van der Waals surface area (Å²) in [5.74, 6) is -0.140. The lowest BCUT2D eigenvalue weighted by molar-refractivity contribution is 0.0965. The molecule has 0 fully saturated rings. The minimum Gasteiger partial charge on any atom is -0.323 e. The highest BCUT2D eigenvalue weighted by Gasteiger charge is 2.19. The van der Waals surface area contributed by atoms with E-state index < -0.39 is 0 Å². The van der Waals surface area contributed by atoms with E-state index in [0.29, 0.717) is 10.6 Å². The van der Waals surface area contributed by atoms with Gasteiger partial charge in [-0.3, -0.25) is 4.79 Å². The Kier molecular flexibility index (Phi) is 4.65. The summed E-state index contributed by atoms with van der Waals surface area (Å²) in [5, 5.41) is 3.52. The van der Waals surface area contributed by atoms with Crippen molar-refractivity contribution < 1.29 is 4.79 Å². The predicted molar refractivity (Wildman–Crippen MR) is 81.3 cm³/mol. The average Bonchev–Trinajstić information content (AvgIpc) is 2.34. The molecule has 1 aromatic carbocycles. The standard InChI is InChI=1S/C13H10Br2ClNO/c14-10-2-1-3-11(15)12(10)17-13(18)8-4-6-9(16)7-5-8/h1-2,4-7,11H,3H2,(H,17,18). The van der Waals surface area contributed by atoms with E-state index in [2.05, 4.69) is 37.2 Å². The van der Waals surface area contributed by atoms with Gasteiger partial charge in [-0.2, -0.15) is 0 Å². The highest BCUT2D eigenvalue weighted by atomic mass is 79.9. The number of benzene rings is 1. The Labute approximate surface area is 127 Å². The van der Waals surface area contributed by atoms with Gasteiger partial charge in [-0.1, -0.05) is 39.7 Å². The molecule has 1 aliphatic carbocycles. The lowest BCUT2D eigenvalue weighted by atomic mass is 10.1. The first kappa shape index (κ1) is 13.8. The third-order valence-electron chi connectivity index (χ3n) is 2.53. The van der Waals surface area contributed by atoms with E-state index in [1.54, 1.807) is 24.3 Å². The summed E-state index contributed by atoms with van der Waals surface area (Å²) in [6.45, 7) is 0. The highest BCUT2D eigenvalue weighted by molar-refractivity contribution is 9.12. The van der Waals surface area contributed by atoms with Crippen molar-refractivity contribution in [2.24, 2.45) is 0 Å². The van der Waals surface area contributed by atoms with Crippen molar-refractivity contribution in [3.05, 3.63) is 57.2 Å². The number of rotatable bonds is 2. The maximum atomic E-state index is 12.1. The molecule has 0 saturated carbocycles. The second-order valence-electron chi connectivity index (χ2n) is 3.83. The Hall–Kier alpha value is -0.580. The number of nitrogens with one attached hydrogen (secondary N) is 1. The molecule has 1 unspecified atom stereocenters. The van der Waals surface area contributed by atoms with Crippen LogP contribution in [0.25, 0.3) is 0 Å². The summed E-state index contributed by atoms with van der Waals surface area (Å²) >= 11 is 12.8. The molecular weight excluding hydrogens is 381 g/mol. The number of hydrogen-bond acceptors (Lipinski definition) is 1. The molecule has 2 rings (SSSR count). The van der Waals surface area contributed by atoms with Crippen molar-refractivity contribution in [1.82, 2.24) is 5.32 Å². The first-order valence-corrected chi connectivity index (χ1v) is 7.44. The summed E-state index contributed by atoms with van der Waals surface area (Å²) in [7, 11) is 0. The van der Waals surface area contributed by atoms with Crippen LogP contribution < -0.4 is 5.32 Å². The van der Waals surface area contributed by atoms with Gasteiger partial charge in [0.1, 0.15) is 0 Å². The molecule has 18 heavy (non-hydrogen) atoms. The summed E-state index contributed by atoms with van der Waals surface area (Å²) in [4.78, 5) is 12.2. The van der Waals surface area contributed by atoms with Gasteiger partial charge in [0.05, 0.1) is 4.83 Å². The van der Waals surface area contributed by atoms with E-state index in [-0.39, 0.29) is 10.7 Å². The molecule has 1 amide bonds. The summed E-state index contributed by atoms with van der Waals surface area (Å²) in [6, 6.07) is 6.81. The number of alkyl halides is 1. The van der Waals surface area contributed by atoms with E-state index in [4.69, 9.17) is 11.6 Å². The third-order valence-corrected chi connectivity index (χ3v) is 4.31. The largest absolute Gasteiger partial charge is 0.323 e. The number of amides is 1. The number of halogens is 3. The van der Waals surface area contributed by atoms with Crippen LogP contribution in [-0.2, 0) is 0 Å². The Balaban J connectivity index is 2.16. The van der Waals surface area contributed by atoms with Crippen molar-refractivity contribution in [1.29, 1.82) is 0 Å². The fraction of sp³-hybridized carbons (Fsp3) is 0.154. The topological polar surface area (TPSA) is 29.1 Å². The van der Waals surface area contributed by atoms with Gasteiger partial charge in [0.2, 0.25) is 0 Å². The van der Waals surface area contributed by atoms with Crippen LogP contribution >= 0.6 is 43.5 Å². The van der Waals surface area contributed by atoms with Gasteiger partial charge >= 0.3 is 0 Å². The quantitative estimate of drug-likeness (QED) is 0.744. The number of carbonyl (C=O) groups excluding carboxylic acids is 1. The van der Waals surface area contributed by atoms with Gasteiger partial charge in [-0.25, -0.2) is 0 Å². The molecule has 0 aromatic heterocycles. The van der Waals surface area contributed by atoms with Crippen molar-refractivity contribution >= 4 is 49.4 Å². The second kappa shape index (κ2) is 6.04. The minimum atomic E-state index is -0.140. The van der Waals surface area contributed by atoms with Gasteiger partial charge in [0, 0.05) is 20.8 Å². The van der Waals surface area contributed by atoms with Crippen molar-refractivity contribution in [3.63, 3.8) is 0 Å². The molecule has 0 saturated heterocycles. The molecule has 1 aromatic rings. The van der Waals surface area contributed by atoms with Crippen LogP contribution in [0, 0.1) is 0 Å². The summed E-state index contributed by atoms with van der Waals surface area (Å²) in [5.41, 5.74) is 1.43. The van der Waals surface area contributed by atoms with Gasteiger partial charge in [-0.05, 0) is 46.6 Å². The lowest BCUT2D eigenvalue weighted by Gasteiger charge is -2.19. The fourth-order valence-electron chi connectivity index (χ4n) is 1.58. The average molecular weight is 391 g/mol. The summed E-state index contributed by atoms with van der Waals surface area (Å²) < 4.78 is 0.887. The number of allylic oxidation sites excluding steroid dienone is 4. The zero-order chi connectivity index (χ0) is 13.1. The lowest BCUT2D eigenvalue weighted by Crippen LogP contribution is -2.29. The second-order valence-corrected chi connectivity index (χ2v) is 6.22. The molecule has 5 heteroatoms. The SMILES string of the molecule is O=C(NC1=C(Br)C=CCC1Br)c1ccc(Cl)cc1.